The Kier molecular flexibility index (Phi) is 5.91. The second-order valence-electron chi connectivity index (χ2n) is 7.01. The predicted molar refractivity (Wildman–Crippen MR) is 96.3 cm³/mol. The topological polar surface area (TPSA) is 75.7 Å². The number of ether oxygens (including phenoxy) is 1. The van der Waals surface area contributed by atoms with Crippen LogP contribution in [0.25, 0.3) is 0 Å². The largest absolute Gasteiger partial charge is 0.466 e. The van der Waals surface area contributed by atoms with Crippen molar-refractivity contribution in [3.63, 3.8) is 0 Å². The van der Waals surface area contributed by atoms with Crippen LogP contribution in [0, 0.1) is 11.8 Å². The van der Waals surface area contributed by atoms with E-state index in [1.807, 2.05) is 12.1 Å². The molecule has 2 aliphatic rings. The average molecular weight is 358 g/mol. The third-order valence-electron chi connectivity index (χ3n) is 5.02. The molecule has 1 aliphatic heterocycles. The SMILES string of the molecule is CCOC(=O)C1CCN(C(=O)c2ccc(CNC(=O)C3CC3)cc2)CC1. The molecule has 1 N–H and O–H groups in total. The van der Waals surface area contributed by atoms with Gasteiger partial charge in [-0.25, -0.2) is 0 Å². The fourth-order valence-corrected chi connectivity index (χ4v) is 3.21. The summed E-state index contributed by atoms with van der Waals surface area (Å²) in [6.45, 7) is 3.83. The second kappa shape index (κ2) is 8.34. The van der Waals surface area contributed by atoms with Crippen molar-refractivity contribution in [1.29, 1.82) is 0 Å². The maximum absolute atomic E-state index is 12.6. The lowest BCUT2D eigenvalue weighted by Crippen LogP contribution is -2.40. The second-order valence-corrected chi connectivity index (χ2v) is 7.01. The Morgan fingerprint density at radius 3 is 2.27 bits per heavy atom. The minimum atomic E-state index is -0.155. The lowest BCUT2D eigenvalue weighted by molar-refractivity contribution is -0.149. The first-order valence-corrected chi connectivity index (χ1v) is 9.41. The first-order valence-electron chi connectivity index (χ1n) is 9.41. The van der Waals surface area contributed by atoms with Crippen LogP contribution in [0.5, 0.6) is 0 Å². The van der Waals surface area contributed by atoms with Crippen molar-refractivity contribution in [1.82, 2.24) is 10.2 Å². The Labute approximate surface area is 153 Å². The summed E-state index contributed by atoms with van der Waals surface area (Å²) in [6, 6.07) is 7.37. The maximum atomic E-state index is 12.6. The smallest absolute Gasteiger partial charge is 0.309 e. The number of hydrogen-bond donors (Lipinski definition) is 1. The Balaban J connectivity index is 1.48. The molecule has 1 heterocycles. The molecule has 26 heavy (non-hydrogen) atoms. The quantitative estimate of drug-likeness (QED) is 0.791. The highest BCUT2D eigenvalue weighted by Crippen LogP contribution is 2.28. The molecule has 0 aromatic heterocycles. The molecule has 1 aliphatic carbocycles. The molecular weight excluding hydrogens is 332 g/mol. The molecule has 1 aromatic rings. The molecule has 0 spiro atoms. The molecule has 2 amide bonds. The average Bonchev–Trinajstić information content (AvgIpc) is 3.51. The molecule has 0 bridgehead atoms. The molecule has 2 fully saturated rings. The highest BCUT2D eigenvalue weighted by molar-refractivity contribution is 5.94. The van der Waals surface area contributed by atoms with Crippen LogP contribution in [0.3, 0.4) is 0 Å². The number of carbonyl (C=O) groups excluding carboxylic acids is 3. The molecule has 0 atom stereocenters. The van der Waals surface area contributed by atoms with Gasteiger partial charge in [0.15, 0.2) is 0 Å². The van der Waals surface area contributed by atoms with E-state index in [1.54, 1.807) is 24.0 Å². The van der Waals surface area contributed by atoms with Crippen LogP contribution < -0.4 is 5.32 Å². The zero-order valence-corrected chi connectivity index (χ0v) is 15.2. The van der Waals surface area contributed by atoms with E-state index in [0.717, 1.165) is 18.4 Å². The van der Waals surface area contributed by atoms with Crippen molar-refractivity contribution in [3.8, 4) is 0 Å². The Hall–Kier alpha value is -2.37. The first-order chi connectivity index (χ1) is 12.6. The van der Waals surface area contributed by atoms with Gasteiger partial charge < -0.3 is 15.0 Å². The van der Waals surface area contributed by atoms with Gasteiger partial charge in [0, 0.05) is 31.1 Å². The van der Waals surface area contributed by atoms with Gasteiger partial charge in [-0.2, -0.15) is 0 Å². The Morgan fingerprint density at radius 1 is 1.04 bits per heavy atom. The summed E-state index contributed by atoms with van der Waals surface area (Å²) < 4.78 is 5.06. The fraction of sp³-hybridized carbons (Fsp3) is 0.550. The standard InChI is InChI=1S/C20H26N2O4/c1-2-26-20(25)17-9-11-22(12-10-17)19(24)16-5-3-14(4-6-16)13-21-18(23)15-7-8-15/h3-6,15,17H,2,7-13H2,1H3,(H,21,23). The number of rotatable bonds is 6. The van der Waals surface area contributed by atoms with E-state index < -0.39 is 0 Å². The molecule has 1 aromatic carbocycles. The Morgan fingerprint density at radius 2 is 1.69 bits per heavy atom. The zero-order chi connectivity index (χ0) is 18.5. The van der Waals surface area contributed by atoms with Gasteiger partial charge in [-0.15, -0.1) is 0 Å². The summed E-state index contributed by atoms with van der Waals surface area (Å²) in [4.78, 5) is 37.9. The molecular formula is C20H26N2O4. The summed E-state index contributed by atoms with van der Waals surface area (Å²) in [5, 5.41) is 2.92. The molecule has 6 nitrogen and oxygen atoms in total. The molecule has 0 unspecified atom stereocenters. The van der Waals surface area contributed by atoms with Gasteiger partial charge in [-0.3, -0.25) is 14.4 Å². The van der Waals surface area contributed by atoms with Gasteiger partial charge in [0.2, 0.25) is 5.91 Å². The number of nitrogens with zero attached hydrogens (tertiary/aromatic N) is 1. The lowest BCUT2D eigenvalue weighted by atomic mass is 9.96. The van der Waals surface area contributed by atoms with E-state index in [2.05, 4.69) is 5.32 Å². The van der Waals surface area contributed by atoms with Gasteiger partial charge in [-0.1, -0.05) is 12.1 Å². The minimum Gasteiger partial charge on any atom is -0.466 e. The van der Waals surface area contributed by atoms with Crippen LogP contribution in [-0.2, 0) is 20.9 Å². The van der Waals surface area contributed by atoms with Crippen molar-refractivity contribution in [2.45, 2.75) is 39.2 Å². The van der Waals surface area contributed by atoms with Crippen LogP contribution in [0.1, 0.15) is 48.5 Å². The maximum Gasteiger partial charge on any atom is 0.309 e. The third kappa shape index (κ3) is 4.62. The first kappa shape index (κ1) is 18.4. The van der Waals surface area contributed by atoms with Crippen molar-refractivity contribution in [2.75, 3.05) is 19.7 Å². The summed E-state index contributed by atoms with van der Waals surface area (Å²) >= 11 is 0. The number of likely N-dealkylation sites (tertiary alicyclic amines) is 1. The number of carbonyl (C=O) groups is 3. The van der Waals surface area contributed by atoms with E-state index >= 15 is 0 Å². The summed E-state index contributed by atoms with van der Waals surface area (Å²) in [6.07, 6.45) is 3.28. The van der Waals surface area contributed by atoms with E-state index in [4.69, 9.17) is 4.74 Å². The van der Waals surface area contributed by atoms with Crippen molar-refractivity contribution in [2.24, 2.45) is 11.8 Å². The van der Waals surface area contributed by atoms with Gasteiger partial charge in [0.25, 0.3) is 5.91 Å². The van der Waals surface area contributed by atoms with Crippen LogP contribution >= 0.6 is 0 Å². The number of piperidine rings is 1. The van der Waals surface area contributed by atoms with Gasteiger partial charge in [0.05, 0.1) is 12.5 Å². The Bertz CT molecular complexity index is 659. The van der Waals surface area contributed by atoms with E-state index in [1.165, 1.54) is 0 Å². The van der Waals surface area contributed by atoms with Crippen LogP contribution in [0.15, 0.2) is 24.3 Å². The van der Waals surface area contributed by atoms with Gasteiger partial charge >= 0.3 is 5.97 Å². The molecule has 3 rings (SSSR count). The highest BCUT2D eigenvalue weighted by Gasteiger charge is 2.30. The third-order valence-corrected chi connectivity index (χ3v) is 5.02. The van der Waals surface area contributed by atoms with Crippen LogP contribution in [0.2, 0.25) is 0 Å². The van der Waals surface area contributed by atoms with Gasteiger partial charge in [0.1, 0.15) is 0 Å². The van der Waals surface area contributed by atoms with Crippen molar-refractivity contribution in [3.05, 3.63) is 35.4 Å². The predicted octanol–water partition coefficient (Wildman–Crippen LogP) is 2.13. The fourth-order valence-electron chi connectivity index (χ4n) is 3.21. The molecule has 1 saturated heterocycles. The monoisotopic (exact) mass is 358 g/mol. The highest BCUT2D eigenvalue weighted by atomic mass is 16.5. The van der Waals surface area contributed by atoms with Crippen molar-refractivity contribution >= 4 is 17.8 Å². The minimum absolute atomic E-state index is 0.0131. The summed E-state index contributed by atoms with van der Waals surface area (Å²) in [5.41, 5.74) is 1.62. The van der Waals surface area contributed by atoms with Gasteiger partial charge in [-0.05, 0) is 50.3 Å². The van der Waals surface area contributed by atoms with Crippen LogP contribution in [-0.4, -0.2) is 42.4 Å². The van der Waals surface area contributed by atoms with E-state index in [-0.39, 0.29) is 29.6 Å². The number of esters is 1. The van der Waals surface area contributed by atoms with Crippen molar-refractivity contribution < 1.29 is 19.1 Å². The molecule has 140 valence electrons. The molecule has 1 saturated carbocycles. The van der Waals surface area contributed by atoms with E-state index in [0.29, 0.717) is 44.6 Å². The number of hydrogen-bond acceptors (Lipinski definition) is 4. The summed E-state index contributed by atoms with van der Waals surface area (Å²) in [7, 11) is 0. The molecule has 0 radical (unpaired) electrons. The lowest BCUT2D eigenvalue weighted by Gasteiger charge is -2.31. The number of amides is 2. The van der Waals surface area contributed by atoms with E-state index in [9.17, 15) is 14.4 Å². The number of benzene rings is 1. The molecule has 6 heteroatoms. The zero-order valence-electron chi connectivity index (χ0n) is 15.2. The summed E-state index contributed by atoms with van der Waals surface area (Å²) in [5.74, 6) is 0.0533. The number of nitrogens with one attached hydrogen (secondary N) is 1. The normalized spacial score (nSPS) is 17.7. The van der Waals surface area contributed by atoms with Crippen LogP contribution in [0.4, 0.5) is 0 Å².